The predicted octanol–water partition coefficient (Wildman–Crippen LogP) is 1.53. The van der Waals surface area contributed by atoms with Crippen LogP contribution in [0.15, 0.2) is 0 Å². The molecule has 1 aliphatic heterocycles. The van der Waals surface area contributed by atoms with Crippen molar-refractivity contribution in [3.05, 3.63) is 0 Å². The van der Waals surface area contributed by atoms with Crippen LogP contribution in [0.25, 0.3) is 0 Å². The number of hydrogen-bond donors (Lipinski definition) is 1. The molecule has 3 atom stereocenters. The highest BCUT2D eigenvalue weighted by Gasteiger charge is 2.36. The quantitative estimate of drug-likeness (QED) is 0.620. The first-order valence-corrected chi connectivity index (χ1v) is 5.18. The van der Waals surface area contributed by atoms with E-state index in [1.54, 1.807) is 0 Å². The molecule has 1 saturated heterocycles. The Balaban J connectivity index is 2.00. The lowest BCUT2D eigenvalue weighted by Gasteiger charge is -2.35. The molecule has 68 valence electrons. The number of amides is 1. The predicted molar refractivity (Wildman–Crippen MR) is 48.1 cm³/mol. The fourth-order valence-electron chi connectivity index (χ4n) is 2.20. The summed E-state index contributed by atoms with van der Waals surface area (Å²) in [5, 5.41) is 3.05. The summed E-state index contributed by atoms with van der Waals surface area (Å²) in [5.41, 5.74) is 0. The Kier molecular flexibility index (Phi) is 2.26. The Labute approximate surface area is 77.7 Å². The Bertz CT molecular complexity index is 195. The van der Waals surface area contributed by atoms with Gasteiger partial charge in [-0.1, -0.05) is 0 Å². The van der Waals surface area contributed by atoms with Gasteiger partial charge in [0.25, 0.3) is 0 Å². The van der Waals surface area contributed by atoms with Crippen molar-refractivity contribution in [3.8, 4) is 0 Å². The fraction of sp³-hybridized carbons (Fsp3) is 0.889. The van der Waals surface area contributed by atoms with Crippen LogP contribution in [0.3, 0.4) is 0 Å². The first-order chi connectivity index (χ1) is 5.79. The van der Waals surface area contributed by atoms with Gasteiger partial charge in [-0.2, -0.15) is 0 Å². The van der Waals surface area contributed by atoms with Crippen LogP contribution in [-0.2, 0) is 4.79 Å². The summed E-state index contributed by atoms with van der Waals surface area (Å²) in [7, 11) is 0. The van der Waals surface area contributed by atoms with Crippen molar-refractivity contribution in [3.63, 3.8) is 0 Å². The second-order valence-electron chi connectivity index (χ2n) is 3.97. The highest BCUT2D eigenvalue weighted by molar-refractivity contribution is 6.18. The normalized spacial score (nSPS) is 40.8. The van der Waals surface area contributed by atoms with Crippen LogP contribution in [0.2, 0.25) is 0 Å². The third-order valence-electron chi connectivity index (χ3n) is 3.09. The standard InChI is InChI=1S/C9H14ClNO/c10-5-6-3-7-1-2-8(7)11-9(12)4-6/h6-8H,1-5H2,(H,11,12)/t6-,7+,8+/m0/s1. The van der Waals surface area contributed by atoms with Gasteiger partial charge in [0.2, 0.25) is 5.91 Å². The molecule has 0 aromatic carbocycles. The van der Waals surface area contributed by atoms with Crippen molar-refractivity contribution >= 4 is 17.5 Å². The molecule has 1 N–H and O–H groups in total. The summed E-state index contributed by atoms with van der Waals surface area (Å²) in [6.07, 6.45) is 4.23. The lowest BCUT2D eigenvalue weighted by Crippen LogP contribution is -2.44. The SMILES string of the molecule is O=C1C[C@@H](CCl)C[C@H]2CC[C@H]2N1. The van der Waals surface area contributed by atoms with E-state index in [0.29, 0.717) is 24.3 Å². The van der Waals surface area contributed by atoms with Gasteiger partial charge in [0.1, 0.15) is 0 Å². The van der Waals surface area contributed by atoms with Crippen LogP contribution in [-0.4, -0.2) is 17.8 Å². The summed E-state index contributed by atoms with van der Waals surface area (Å²) >= 11 is 5.78. The van der Waals surface area contributed by atoms with Gasteiger partial charge in [-0.25, -0.2) is 0 Å². The van der Waals surface area contributed by atoms with Gasteiger partial charge in [-0.05, 0) is 31.1 Å². The van der Waals surface area contributed by atoms with Crippen molar-refractivity contribution in [2.45, 2.75) is 31.7 Å². The summed E-state index contributed by atoms with van der Waals surface area (Å²) in [6, 6.07) is 0.478. The maximum absolute atomic E-state index is 11.3. The molecule has 1 amide bonds. The molecular formula is C9H14ClNO. The number of fused-ring (bicyclic) bond motifs is 1. The molecule has 0 aromatic rings. The lowest BCUT2D eigenvalue weighted by atomic mass is 9.75. The first kappa shape index (κ1) is 8.36. The molecule has 2 aliphatic rings. The molecule has 0 aromatic heterocycles. The van der Waals surface area contributed by atoms with Gasteiger partial charge in [0, 0.05) is 18.3 Å². The Morgan fingerprint density at radius 3 is 2.92 bits per heavy atom. The van der Waals surface area contributed by atoms with E-state index in [1.807, 2.05) is 0 Å². The van der Waals surface area contributed by atoms with E-state index in [0.717, 1.165) is 12.3 Å². The number of carbonyl (C=O) groups is 1. The highest BCUT2D eigenvalue weighted by atomic mass is 35.5. The maximum Gasteiger partial charge on any atom is 0.220 e. The van der Waals surface area contributed by atoms with E-state index in [1.165, 1.54) is 12.8 Å². The molecule has 1 heterocycles. The summed E-state index contributed by atoms with van der Waals surface area (Å²) in [5.74, 6) is 1.98. The van der Waals surface area contributed by atoms with Crippen molar-refractivity contribution in [1.82, 2.24) is 5.32 Å². The molecule has 1 aliphatic carbocycles. The number of carbonyl (C=O) groups excluding carboxylic acids is 1. The summed E-state index contributed by atoms with van der Waals surface area (Å²) in [4.78, 5) is 11.3. The molecule has 0 unspecified atom stereocenters. The number of hydrogen-bond acceptors (Lipinski definition) is 1. The summed E-state index contributed by atoms with van der Waals surface area (Å²) in [6.45, 7) is 0. The van der Waals surface area contributed by atoms with Crippen LogP contribution in [0.1, 0.15) is 25.7 Å². The zero-order chi connectivity index (χ0) is 8.55. The van der Waals surface area contributed by atoms with E-state index in [2.05, 4.69) is 5.32 Å². The monoisotopic (exact) mass is 187 g/mol. The Morgan fingerprint density at radius 1 is 1.50 bits per heavy atom. The molecule has 12 heavy (non-hydrogen) atoms. The molecule has 2 rings (SSSR count). The van der Waals surface area contributed by atoms with E-state index in [-0.39, 0.29) is 5.91 Å². The van der Waals surface area contributed by atoms with Gasteiger partial charge in [-0.3, -0.25) is 4.79 Å². The number of alkyl halides is 1. The Hall–Kier alpha value is -0.240. The largest absolute Gasteiger partial charge is 0.353 e. The Morgan fingerprint density at radius 2 is 2.33 bits per heavy atom. The minimum atomic E-state index is 0.202. The fourth-order valence-corrected chi connectivity index (χ4v) is 2.43. The molecule has 3 heteroatoms. The van der Waals surface area contributed by atoms with Crippen LogP contribution >= 0.6 is 11.6 Å². The minimum absolute atomic E-state index is 0.202. The molecule has 0 spiro atoms. The van der Waals surface area contributed by atoms with E-state index < -0.39 is 0 Å². The average molecular weight is 188 g/mol. The zero-order valence-electron chi connectivity index (χ0n) is 7.05. The third kappa shape index (κ3) is 1.45. The molecule has 2 fully saturated rings. The zero-order valence-corrected chi connectivity index (χ0v) is 7.81. The number of halogens is 1. The average Bonchev–Trinajstić information content (AvgIpc) is 2.14. The van der Waals surface area contributed by atoms with Crippen molar-refractivity contribution in [2.75, 3.05) is 5.88 Å². The smallest absolute Gasteiger partial charge is 0.220 e. The molecular weight excluding hydrogens is 174 g/mol. The van der Waals surface area contributed by atoms with E-state index in [4.69, 9.17) is 11.6 Å². The van der Waals surface area contributed by atoms with E-state index >= 15 is 0 Å². The number of nitrogens with one attached hydrogen (secondary N) is 1. The van der Waals surface area contributed by atoms with Crippen LogP contribution in [0.5, 0.6) is 0 Å². The maximum atomic E-state index is 11.3. The van der Waals surface area contributed by atoms with Crippen molar-refractivity contribution in [1.29, 1.82) is 0 Å². The van der Waals surface area contributed by atoms with Crippen LogP contribution in [0, 0.1) is 11.8 Å². The second-order valence-corrected chi connectivity index (χ2v) is 4.28. The lowest BCUT2D eigenvalue weighted by molar-refractivity contribution is -0.122. The molecule has 2 nitrogen and oxygen atoms in total. The van der Waals surface area contributed by atoms with Gasteiger partial charge in [-0.15, -0.1) is 11.6 Å². The van der Waals surface area contributed by atoms with Crippen molar-refractivity contribution in [2.24, 2.45) is 11.8 Å². The number of rotatable bonds is 1. The van der Waals surface area contributed by atoms with Crippen LogP contribution in [0.4, 0.5) is 0 Å². The topological polar surface area (TPSA) is 29.1 Å². The molecule has 0 bridgehead atoms. The molecule has 0 radical (unpaired) electrons. The second kappa shape index (κ2) is 3.25. The van der Waals surface area contributed by atoms with Crippen LogP contribution < -0.4 is 5.32 Å². The van der Waals surface area contributed by atoms with E-state index in [9.17, 15) is 4.79 Å². The highest BCUT2D eigenvalue weighted by Crippen LogP contribution is 2.36. The minimum Gasteiger partial charge on any atom is -0.353 e. The van der Waals surface area contributed by atoms with Crippen molar-refractivity contribution < 1.29 is 4.79 Å². The third-order valence-corrected chi connectivity index (χ3v) is 3.53. The van der Waals surface area contributed by atoms with Gasteiger partial charge >= 0.3 is 0 Å². The molecule has 1 saturated carbocycles. The first-order valence-electron chi connectivity index (χ1n) is 4.65. The van der Waals surface area contributed by atoms with Gasteiger partial charge < -0.3 is 5.32 Å². The van der Waals surface area contributed by atoms with Gasteiger partial charge in [0.15, 0.2) is 0 Å². The summed E-state index contributed by atoms with van der Waals surface area (Å²) < 4.78 is 0. The van der Waals surface area contributed by atoms with Gasteiger partial charge in [0.05, 0.1) is 0 Å².